The molecule has 5 nitrogen and oxygen atoms in total. The fraction of sp³-hybridized carbons (Fsp3) is 0.263. The van der Waals surface area contributed by atoms with E-state index in [1.807, 2.05) is 29.2 Å². The highest BCUT2D eigenvalue weighted by Crippen LogP contribution is 2.33. The second-order valence-electron chi connectivity index (χ2n) is 5.90. The van der Waals surface area contributed by atoms with Crippen LogP contribution in [0, 0.1) is 0 Å². The van der Waals surface area contributed by atoms with Crippen LogP contribution in [-0.2, 0) is 4.74 Å². The van der Waals surface area contributed by atoms with E-state index in [-0.39, 0.29) is 12.1 Å². The number of carbonyl (C=O) groups excluding carboxylic acids is 2. The summed E-state index contributed by atoms with van der Waals surface area (Å²) in [5.41, 5.74) is 2.17. The SMILES string of the molecule is COC(=O)c1ccc(NC(=O)N2CCC[C@@H]2c2ccc(Cl)cc2)cc1. The van der Waals surface area contributed by atoms with Gasteiger partial charge in [-0.1, -0.05) is 23.7 Å². The number of methoxy groups -OCH3 is 1. The van der Waals surface area contributed by atoms with Gasteiger partial charge in [0.1, 0.15) is 0 Å². The second-order valence-corrected chi connectivity index (χ2v) is 6.34. The van der Waals surface area contributed by atoms with Crippen molar-refractivity contribution in [2.45, 2.75) is 18.9 Å². The van der Waals surface area contributed by atoms with Gasteiger partial charge in [-0.25, -0.2) is 9.59 Å². The summed E-state index contributed by atoms with van der Waals surface area (Å²) >= 11 is 5.94. The number of nitrogens with zero attached hydrogens (tertiary/aromatic N) is 1. The maximum absolute atomic E-state index is 12.6. The molecule has 1 heterocycles. The summed E-state index contributed by atoms with van der Waals surface area (Å²) in [5, 5.41) is 3.57. The first-order valence-corrected chi connectivity index (χ1v) is 8.48. The molecule has 2 aromatic carbocycles. The molecule has 1 atom stereocenters. The monoisotopic (exact) mass is 358 g/mol. The third-order valence-corrected chi connectivity index (χ3v) is 4.58. The van der Waals surface area contributed by atoms with Crippen LogP contribution in [0.5, 0.6) is 0 Å². The number of rotatable bonds is 3. The lowest BCUT2D eigenvalue weighted by Gasteiger charge is -2.25. The summed E-state index contributed by atoms with van der Waals surface area (Å²) < 4.78 is 4.67. The Kier molecular flexibility index (Phi) is 5.24. The Bertz CT molecular complexity index is 759. The highest BCUT2D eigenvalue weighted by Gasteiger charge is 2.29. The minimum absolute atomic E-state index is 0.0478. The zero-order valence-electron chi connectivity index (χ0n) is 13.9. The van der Waals surface area contributed by atoms with Gasteiger partial charge >= 0.3 is 12.0 Å². The molecular weight excluding hydrogens is 340 g/mol. The largest absolute Gasteiger partial charge is 0.465 e. The van der Waals surface area contributed by atoms with Gasteiger partial charge < -0.3 is 15.0 Å². The Morgan fingerprint density at radius 3 is 2.44 bits per heavy atom. The molecular formula is C19H19ClN2O3. The van der Waals surface area contributed by atoms with Crippen molar-refractivity contribution in [3.63, 3.8) is 0 Å². The number of nitrogens with one attached hydrogen (secondary N) is 1. The van der Waals surface area contributed by atoms with Crippen molar-refractivity contribution in [1.82, 2.24) is 4.90 Å². The minimum atomic E-state index is -0.403. The molecule has 2 aromatic rings. The van der Waals surface area contributed by atoms with Gasteiger partial charge in [0, 0.05) is 17.3 Å². The van der Waals surface area contributed by atoms with Gasteiger partial charge in [0.05, 0.1) is 18.7 Å². The quantitative estimate of drug-likeness (QED) is 0.822. The molecule has 0 bridgehead atoms. The molecule has 0 radical (unpaired) electrons. The van der Waals surface area contributed by atoms with E-state index in [1.54, 1.807) is 24.3 Å². The number of hydrogen-bond acceptors (Lipinski definition) is 3. The van der Waals surface area contributed by atoms with Crippen LogP contribution >= 0.6 is 11.6 Å². The van der Waals surface area contributed by atoms with Crippen LogP contribution in [-0.4, -0.2) is 30.6 Å². The summed E-state index contributed by atoms with van der Waals surface area (Å²) in [6.07, 6.45) is 1.89. The fourth-order valence-corrected chi connectivity index (χ4v) is 3.17. The first kappa shape index (κ1) is 17.3. The molecule has 0 spiro atoms. The van der Waals surface area contributed by atoms with Crippen molar-refractivity contribution < 1.29 is 14.3 Å². The average Bonchev–Trinajstić information content (AvgIpc) is 3.12. The molecule has 0 unspecified atom stereocenters. The molecule has 0 saturated carbocycles. The number of urea groups is 1. The molecule has 25 heavy (non-hydrogen) atoms. The van der Waals surface area contributed by atoms with E-state index >= 15 is 0 Å². The van der Waals surface area contributed by atoms with Gasteiger partial charge in [-0.15, -0.1) is 0 Å². The highest BCUT2D eigenvalue weighted by molar-refractivity contribution is 6.30. The Morgan fingerprint density at radius 1 is 1.12 bits per heavy atom. The smallest absolute Gasteiger partial charge is 0.337 e. The topological polar surface area (TPSA) is 58.6 Å². The third-order valence-electron chi connectivity index (χ3n) is 4.33. The van der Waals surface area contributed by atoms with Crippen LogP contribution in [0.3, 0.4) is 0 Å². The van der Waals surface area contributed by atoms with Crippen molar-refractivity contribution in [2.75, 3.05) is 19.0 Å². The average molecular weight is 359 g/mol. The lowest BCUT2D eigenvalue weighted by molar-refractivity contribution is 0.0601. The fourth-order valence-electron chi connectivity index (χ4n) is 3.04. The maximum atomic E-state index is 12.6. The molecule has 0 aliphatic carbocycles. The van der Waals surface area contributed by atoms with Crippen molar-refractivity contribution in [1.29, 1.82) is 0 Å². The summed E-state index contributed by atoms with van der Waals surface area (Å²) in [6, 6.07) is 14.1. The van der Waals surface area contributed by atoms with Gasteiger partial charge in [0.15, 0.2) is 0 Å². The Morgan fingerprint density at radius 2 is 1.80 bits per heavy atom. The predicted octanol–water partition coefficient (Wildman–Crippen LogP) is 4.50. The van der Waals surface area contributed by atoms with Gasteiger partial charge in [0.2, 0.25) is 0 Å². The normalized spacial score (nSPS) is 16.6. The first-order valence-electron chi connectivity index (χ1n) is 8.10. The minimum Gasteiger partial charge on any atom is -0.465 e. The number of esters is 1. The highest BCUT2D eigenvalue weighted by atomic mass is 35.5. The molecule has 2 amide bonds. The lowest BCUT2D eigenvalue weighted by atomic mass is 10.1. The Labute approximate surface area is 151 Å². The van der Waals surface area contributed by atoms with Crippen LogP contribution in [0.25, 0.3) is 0 Å². The Hall–Kier alpha value is -2.53. The molecule has 0 aromatic heterocycles. The number of benzene rings is 2. The van der Waals surface area contributed by atoms with E-state index in [1.165, 1.54) is 7.11 Å². The summed E-state index contributed by atoms with van der Waals surface area (Å²) in [6.45, 7) is 0.708. The number of carbonyl (C=O) groups is 2. The van der Waals surface area contributed by atoms with E-state index in [9.17, 15) is 9.59 Å². The lowest BCUT2D eigenvalue weighted by Crippen LogP contribution is -2.34. The first-order chi connectivity index (χ1) is 12.1. The van der Waals surface area contributed by atoms with Crippen LogP contribution in [0.1, 0.15) is 34.8 Å². The number of ether oxygens (including phenoxy) is 1. The third kappa shape index (κ3) is 3.94. The Balaban J connectivity index is 1.69. The standard InChI is InChI=1S/C19H19ClN2O3/c1-25-18(23)14-6-10-16(11-7-14)21-19(24)22-12-2-3-17(22)13-4-8-15(20)9-5-13/h4-11,17H,2-3,12H2,1H3,(H,21,24)/t17-/m1/s1. The van der Waals surface area contributed by atoms with Gasteiger partial charge in [-0.3, -0.25) is 0 Å². The number of hydrogen-bond donors (Lipinski definition) is 1. The van der Waals surface area contributed by atoms with Crippen LogP contribution in [0.4, 0.5) is 10.5 Å². The number of anilines is 1. The van der Waals surface area contributed by atoms with Crippen LogP contribution in [0.15, 0.2) is 48.5 Å². The van der Waals surface area contributed by atoms with Crippen LogP contribution < -0.4 is 5.32 Å². The molecule has 3 rings (SSSR count). The van der Waals surface area contributed by atoms with Crippen LogP contribution in [0.2, 0.25) is 5.02 Å². The van der Waals surface area contributed by atoms with E-state index < -0.39 is 5.97 Å². The van der Waals surface area contributed by atoms with Crippen molar-refractivity contribution in [2.24, 2.45) is 0 Å². The predicted molar refractivity (Wildman–Crippen MR) is 96.9 cm³/mol. The van der Waals surface area contributed by atoms with Crippen molar-refractivity contribution in [3.8, 4) is 0 Å². The van der Waals surface area contributed by atoms with E-state index in [0.29, 0.717) is 22.8 Å². The molecule has 1 N–H and O–H groups in total. The number of amides is 2. The summed E-state index contributed by atoms with van der Waals surface area (Å²) in [7, 11) is 1.34. The van der Waals surface area contributed by atoms with Gasteiger partial charge in [-0.2, -0.15) is 0 Å². The number of halogens is 1. The van der Waals surface area contributed by atoms with E-state index in [4.69, 9.17) is 11.6 Å². The summed E-state index contributed by atoms with van der Waals surface area (Å²) in [4.78, 5) is 25.9. The molecule has 1 fully saturated rings. The van der Waals surface area contributed by atoms with E-state index in [0.717, 1.165) is 18.4 Å². The second kappa shape index (κ2) is 7.57. The van der Waals surface area contributed by atoms with Crippen molar-refractivity contribution >= 4 is 29.3 Å². The molecule has 1 aliphatic rings. The molecule has 1 saturated heterocycles. The summed E-state index contributed by atoms with van der Waals surface area (Å²) in [5.74, 6) is -0.403. The zero-order valence-corrected chi connectivity index (χ0v) is 14.6. The van der Waals surface area contributed by atoms with Gasteiger partial charge in [-0.05, 0) is 54.8 Å². The van der Waals surface area contributed by atoms with E-state index in [2.05, 4.69) is 10.1 Å². The molecule has 1 aliphatic heterocycles. The maximum Gasteiger partial charge on any atom is 0.337 e. The number of likely N-dealkylation sites (tertiary alicyclic amines) is 1. The van der Waals surface area contributed by atoms with Gasteiger partial charge in [0.25, 0.3) is 0 Å². The molecule has 130 valence electrons. The zero-order chi connectivity index (χ0) is 17.8. The molecule has 6 heteroatoms. The van der Waals surface area contributed by atoms with Crippen molar-refractivity contribution in [3.05, 3.63) is 64.7 Å².